The van der Waals surface area contributed by atoms with Crippen LogP contribution in [-0.2, 0) is 0 Å². The molecular formula is C22H32OS. The summed E-state index contributed by atoms with van der Waals surface area (Å²) >= 11 is 1.70. The summed E-state index contributed by atoms with van der Waals surface area (Å²) in [6.07, 6.45) is 4.32. The summed E-state index contributed by atoms with van der Waals surface area (Å²) in [7, 11) is 0. The first kappa shape index (κ1) is 20.6. The fourth-order valence-corrected chi connectivity index (χ4v) is 2.86. The molecule has 0 aliphatic rings. The van der Waals surface area contributed by atoms with Crippen LogP contribution in [0.4, 0.5) is 0 Å². The predicted octanol–water partition coefficient (Wildman–Crippen LogP) is 7.55. The van der Waals surface area contributed by atoms with E-state index in [2.05, 4.69) is 65.1 Å². The highest BCUT2D eigenvalue weighted by molar-refractivity contribution is 8.11. The SMILES string of the molecule is C=C(C)c1cc(OCC(C)(CC)CC)cc(C(=C)S/C(C)=C\C)c1. The van der Waals surface area contributed by atoms with Crippen molar-refractivity contribution in [3.63, 3.8) is 0 Å². The van der Waals surface area contributed by atoms with Gasteiger partial charge in [-0.1, -0.05) is 57.3 Å². The number of hydrogen-bond donors (Lipinski definition) is 0. The maximum Gasteiger partial charge on any atom is 0.120 e. The molecule has 132 valence electrons. The zero-order valence-electron chi connectivity index (χ0n) is 16.2. The first-order valence-corrected chi connectivity index (χ1v) is 9.50. The average Bonchev–Trinajstić information content (AvgIpc) is 2.59. The van der Waals surface area contributed by atoms with E-state index in [0.29, 0.717) is 0 Å². The lowest BCUT2D eigenvalue weighted by atomic mass is 9.86. The Hall–Kier alpha value is -1.41. The smallest absolute Gasteiger partial charge is 0.120 e. The van der Waals surface area contributed by atoms with Gasteiger partial charge in [-0.2, -0.15) is 0 Å². The Bertz CT molecular complexity index is 621. The van der Waals surface area contributed by atoms with E-state index in [1.165, 1.54) is 4.91 Å². The topological polar surface area (TPSA) is 9.23 Å². The van der Waals surface area contributed by atoms with Crippen molar-refractivity contribution in [3.8, 4) is 5.75 Å². The van der Waals surface area contributed by atoms with Gasteiger partial charge in [0.1, 0.15) is 5.75 Å². The summed E-state index contributed by atoms with van der Waals surface area (Å²) in [5.74, 6) is 0.901. The van der Waals surface area contributed by atoms with Gasteiger partial charge in [-0.25, -0.2) is 0 Å². The fraction of sp³-hybridized carbons (Fsp3) is 0.455. The minimum Gasteiger partial charge on any atom is -0.493 e. The number of allylic oxidation sites excluding steroid dienone is 3. The maximum absolute atomic E-state index is 6.16. The summed E-state index contributed by atoms with van der Waals surface area (Å²) in [6.45, 7) is 21.9. The number of thioether (sulfide) groups is 1. The lowest BCUT2D eigenvalue weighted by Crippen LogP contribution is -2.23. The fourth-order valence-electron chi connectivity index (χ4n) is 2.11. The van der Waals surface area contributed by atoms with Crippen LogP contribution in [0.3, 0.4) is 0 Å². The quantitative estimate of drug-likeness (QED) is 0.457. The highest BCUT2D eigenvalue weighted by Crippen LogP contribution is 2.35. The molecule has 0 radical (unpaired) electrons. The van der Waals surface area contributed by atoms with Crippen molar-refractivity contribution in [2.45, 2.75) is 54.4 Å². The molecule has 0 atom stereocenters. The zero-order valence-corrected chi connectivity index (χ0v) is 17.0. The molecule has 0 aliphatic carbocycles. The Labute approximate surface area is 152 Å². The summed E-state index contributed by atoms with van der Waals surface area (Å²) in [6, 6.07) is 6.32. The molecule has 0 saturated carbocycles. The molecule has 1 aromatic rings. The van der Waals surface area contributed by atoms with Crippen molar-refractivity contribution >= 4 is 22.2 Å². The predicted molar refractivity (Wildman–Crippen MR) is 111 cm³/mol. The Kier molecular flexibility index (Phi) is 7.89. The molecule has 0 amide bonds. The van der Waals surface area contributed by atoms with Crippen LogP contribution < -0.4 is 4.74 Å². The highest BCUT2D eigenvalue weighted by Gasteiger charge is 2.20. The Morgan fingerprint density at radius 3 is 2.21 bits per heavy atom. The molecule has 1 nitrogen and oxygen atoms in total. The zero-order chi connectivity index (χ0) is 18.3. The monoisotopic (exact) mass is 344 g/mol. The highest BCUT2D eigenvalue weighted by atomic mass is 32.2. The lowest BCUT2D eigenvalue weighted by Gasteiger charge is -2.26. The van der Waals surface area contributed by atoms with Gasteiger partial charge in [0.15, 0.2) is 0 Å². The van der Waals surface area contributed by atoms with Gasteiger partial charge in [-0.05, 0) is 67.8 Å². The molecule has 1 rings (SSSR count). The van der Waals surface area contributed by atoms with E-state index >= 15 is 0 Å². The van der Waals surface area contributed by atoms with Crippen LogP contribution >= 0.6 is 11.8 Å². The standard InChI is InChI=1S/C22H32OS/c1-9-17(6)24-18(7)20-12-19(16(4)5)13-21(14-20)23-15-22(8,10-2)11-3/h9,12-14H,4,7,10-11,15H2,1-3,5-6,8H3/b17-9-. The van der Waals surface area contributed by atoms with Crippen molar-refractivity contribution in [1.82, 2.24) is 0 Å². The van der Waals surface area contributed by atoms with Gasteiger partial charge in [-0.3, -0.25) is 0 Å². The third-order valence-corrected chi connectivity index (χ3v) is 5.75. The van der Waals surface area contributed by atoms with Crippen LogP contribution in [0.25, 0.3) is 10.5 Å². The van der Waals surface area contributed by atoms with Crippen LogP contribution in [-0.4, -0.2) is 6.61 Å². The van der Waals surface area contributed by atoms with Crippen molar-refractivity contribution in [2.24, 2.45) is 5.41 Å². The van der Waals surface area contributed by atoms with Crippen molar-refractivity contribution in [1.29, 1.82) is 0 Å². The number of rotatable bonds is 9. The number of hydrogen-bond acceptors (Lipinski definition) is 2. The van der Waals surface area contributed by atoms with Gasteiger partial charge in [0.05, 0.1) is 6.61 Å². The van der Waals surface area contributed by atoms with Gasteiger partial charge in [0.25, 0.3) is 0 Å². The molecule has 0 fully saturated rings. The van der Waals surface area contributed by atoms with E-state index in [9.17, 15) is 0 Å². The molecular weight excluding hydrogens is 312 g/mol. The van der Waals surface area contributed by atoms with Crippen LogP contribution in [0.1, 0.15) is 65.5 Å². The second-order valence-corrected chi connectivity index (χ2v) is 8.10. The maximum atomic E-state index is 6.16. The summed E-state index contributed by atoms with van der Waals surface area (Å²) in [5.41, 5.74) is 3.46. The van der Waals surface area contributed by atoms with E-state index in [1.54, 1.807) is 11.8 Å². The molecule has 0 aliphatic heterocycles. The van der Waals surface area contributed by atoms with Gasteiger partial charge < -0.3 is 4.74 Å². The number of benzene rings is 1. The first-order chi connectivity index (χ1) is 11.2. The Morgan fingerprint density at radius 2 is 1.71 bits per heavy atom. The van der Waals surface area contributed by atoms with Crippen LogP contribution in [0.2, 0.25) is 0 Å². The van der Waals surface area contributed by atoms with Gasteiger partial charge >= 0.3 is 0 Å². The molecule has 24 heavy (non-hydrogen) atoms. The molecule has 2 heteroatoms. The largest absolute Gasteiger partial charge is 0.493 e. The molecule has 0 heterocycles. The van der Waals surface area contributed by atoms with E-state index in [-0.39, 0.29) is 5.41 Å². The Balaban J connectivity index is 3.08. The van der Waals surface area contributed by atoms with Crippen LogP contribution in [0.15, 0.2) is 42.3 Å². The van der Waals surface area contributed by atoms with E-state index < -0.39 is 0 Å². The Morgan fingerprint density at radius 1 is 1.12 bits per heavy atom. The molecule has 0 aromatic heterocycles. The summed E-state index contributed by atoms with van der Waals surface area (Å²) < 4.78 is 6.16. The second-order valence-electron chi connectivity index (χ2n) is 6.76. The molecule has 0 bridgehead atoms. The molecule has 1 aromatic carbocycles. The molecule has 0 spiro atoms. The van der Waals surface area contributed by atoms with Crippen molar-refractivity contribution in [3.05, 3.63) is 53.5 Å². The second kappa shape index (κ2) is 9.17. The van der Waals surface area contributed by atoms with Gasteiger partial charge in [-0.15, -0.1) is 0 Å². The first-order valence-electron chi connectivity index (χ1n) is 8.68. The van der Waals surface area contributed by atoms with Crippen LogP contribution in [0, 0.1) is 5.41 Å². The summed E-state index contributed by atoms with van der Waals surface area (Å²) in [5, 5.41) is 0. The average molecular weight is 345 g/mol. The van der Waals surface area contributed by atoms with E-state index in [4.69, 9.17) is 4.74 Å². The number of ether oxygens (including phenoxy) is 1. The molecule has 0 saturated heterocycles. The normalized spacial score (nSPS) is 12.2. The van der Waals surface area contributed by atoms with E-state index in [1.807, 2.05) is 13.8 Å². The van der Waals surface area contributed by atoms with Gasteiger partial charge in [0, 0.05) is 10.3 Å². The lowest BCUT2D eigenvalue weighted by molar-refractivity contribution is 0.152. The molecule has 0 unspecified atom stereocenters. The van der Waals surface area contributed by atoms with E-state index in [0.717, 1.165) is 46.8 Å². The third kappa shape index (κ3) is 5.90. The van der Waals surface area contributed by atoms with Crippen molar-refractivity contribution < 1.29 is 4.74 Å². The minimum absolute atomic E-state index is 0.215. The minimum atomic E-state index is 0.215. The van der Waals surface area contributed by atoms with Gasteiger partial charge in [0.2, 0.25) is 0 Å². The summed E-state index contributed by atoms with van der Waals surface area (Å²) in [4.78, 5) is 2.28. The van der Waals surface area contributed by atoms with Crippen molar-refractivity contribution in [2.75, 3.05) is 6.61 Å². The van der Waals surface area contributed by atoms with Crippen LogP contribution in [0.5, 0.6) is 5.75 Å². The third-order valence-electron chi connectivity index (χ3n) is 4.71. The molecule has 0 N–H and O–H groups in total.